The summed E-state index contributed by atoms with van der Waals surface area (Å²) in [4.78, 5) is 0. The van der Waals surface area contributed by atoms with Crippen molar-refractivity contribution in [3.8, 4) is 0 Å². The van der Waals surface area contributed by atoms with Gasteiger partial charge in [-0.15, -0.1) is 0 Å². The molecule has 0 heterocycles. The van der Waals surface area contributed by atoms with Crippen molar-refractivity contribution in [2.75, 3.05) is 0 Å². The number of nitrogens with two attached hydrogens (primary N) is 1. The molecule has 0 amide bonds. The molecule has 0 radical (unpaired) electrons. The topological polar surface area (TPSA) is 26.0 Å². The van der Waals surface area contributed by atoms with Gasteiger partial charge in [0.15, 0.2) is 0 Å². The average Bonchev–Trinajstić information content (AvgIpc) is 2.16. The van der Waals surface area contributed by atoms with E-state index >= 15 is 0 Å². The second-order valence-corrected chi connectivity index (χ2v) is 4.97. The third-order valence-electron chi connectivity index (χ3n) is 3.37. The summed E-state index contributed by atoms with van der Waals surface area (Å²) in [5, 5.41) is 0. The van der Waals surface area contributed by atoms with E-state index in [4.69, 9.17) is 5.73 Å². The van der Waals surface area contributed by atoms with Crippen molar-refractivity contribution < 1.29 is 0 Å². The van der Waals surface area contributed by atoms with Crippen LogP contribution in [0.15, 0.2) is 0 Å². The molecule has 14 heavy (non-hydrogen) atoms. The van der Waals surface area contributed by atoms with Gasteiger partial charge in [0.25, 0.3) is 0 Å². The van der Waals surface area contributed by atoms with E-state index in [1.54, 1.807) is 0 Å². The molecular weight excluding hydrogens is 170 g/mol. The highest BCUT2D eigenvalue weighted by Gasteiger charge is 2.15. The van der Waals surface area contributed by atoms with Crippen LogP contribution in [0.2, 0.25) is 0 Å². The van der Waals surface area contributed by atoms with Gasteiger partial charge < -0.3 is 5.73 Å². The molecule has 0 aliphatic carbocycles. The number of unbranched alkanes of at least 4 members (excludes halogenated alkanes) is 4. The maximum atomic E-state index is 6.13. The van der Waals surface area contributed by atoms with Crippen molar-refractivity contribution in [2.24, 2.45) is 17.6 Å². The van der Waals surface area contributed by atoms with E-state index in [0.29, 0.717) is 12.0 Å². The molecule has 0 rings (SSSR count). The summed E-state index contributed by atoms with van der Waals surface area (Å²) in [5.74, 6) is 1.39. The zero-order valence-electron chi connectivity index (χ0n) is 10.6. The van der Waals surface area contributed by atoms with Crippen molar-refractivity contribution in [1.82, 2.24) is 0 Å². The minimum atomic E-state index is 0.414. The van der Waals surface area contributed by atoms with Crippen LogP contribution in [0, 0.1) is 11.8 Å². The Kier molecular flexibility index (Phi) is 8.26. The van der Waals surface area contributed by atoms with Crippen molar-refractivity contribution in [3.63, 3.8) is 0 Å². The third-order valence-corrected chi connectivity index (χ3v) is 3.37. The Morgan fingerprint density at radius 2 is 1.50 bits per heavy atom. The highest BCUT2D eigenvalue weighted by Crippen LogP contribution is 2.17. The second-order valence-electron chi connectivity index (χ2n) is 4.97. The molecule has 0 bridgehead atoms. The largest absolute Gasteiger partial charge is 0.327 e. The van der Waals surface area contributed by atoms with Crippen LogP contribution < -0.4 is 5.73 Å². The van der Waals surface area contributed by atoms with Crippen LogP contribution in [0.5, 0.6) is 0 Å². The summed E-state index contributed by atoms with van der Waals surface area (Å²) in [6.07, 6.45) is 8.00. The summed E-state index contributed by atoms with van der Waals surface area (Å²) in [7, 11) is 0. The molecule has 0 aliphatic heterocycles. The fraction of sp³-hybridized carbons (Fsp3) is 1.00. The predicted octanol–water partition coefficient (Wildman–Crippen LogP) is 3.97. The van der Waals surface area contributed by atoms with E-state index in [1.165, 1.54) is 38.5 Å². The van der Waals surface area contributed by atoms with Gasteiger partial charge in [0.05, 0.1) is 0 Å². The van der Waals surface area contributed by atoms with E-state index in [1.807, 2.05) is 0 Å². The summed E-state index contributed by atoms with van der Waals surface area (Å²) in [6, 6.07) is 0.414. The first-order valence-electron chi connectivity index (χ1n) is 6.35. The van der Waals surface area contributed by atoms with Crippen molar-refractivity contribution in [2.45, 2.75) is 72.3 Å². The Labute approximate surface area is 90.5 Å². The minimum absolute atomic E-state index is 0.414. The lowest BCUT2D eigenvalue weighted by atomic mass is 9.88. The van der Waals surface area contributed by atoms with E-state index in [9.17, 15) is 0 Å². The fourth-order valence-corrected chi connectivity index (χ4v) is 1.74. The lowest BCUT2D eigenvalue weighted by molar-refractivity contribution is 0.325. The molecule has 1 heteroatoms. The van der Waals surface area contributed by atoms with Crippen LogP contribution in [0.4, 0.5) is 0 Å². The molecule has 0 aromatic heterocycles. The van der Waals surface area contributed by atoms with E-state index in [0.717, 1.165) is 5.92 Å². The van der Waals surface area contributed by atoms with Crippen LogP contribution in [-0.2, 0) is 0 Å². The van der Waals surface area contributed by atoms with Crippen LogP contribution in [0.3, 0.4) is 0 Å². The molecule has 0 saturated carbocycles. The first kappa shape index (κ1) is 14.0. The van der Waals surface area contributed by atoms with Gasteiger partial charge >= 0.3 is 0 Å². The molecule has 2 unspecified atom stereocenters. The quantitative estimate of drug-likeness (QED) is 0.588. The molecule has 0 aliphatic rings. The van der Waals surface area contributed by atoms with Crippen molar-refractivity contribution >= 4 is 0 Å². The summed E-state index contributed by atoms with van der Waals surface area (Å²) in [5.41, 5.74) is 6.13. The monoisotopic (exact) mass is 199 g/mol. The highest BCUT2D eigenvalue weighted by atomic mass is 14.6. The molecule has 2 atom stereocenters. The lowest BCUT2D eigenvalue weighted by Crippen LogP contribution is -2.31. The first-order valence-corrected chi connectivity index (χ1v) is 6.35. The highest BCUT2D eigenvalue weighted by molar-refractivity contribution is 4.71. The zero-order chi connectivity index (χ0) is 11.0. The maximum absolute atomic E-state index is 6.13. The normalized spacial score (nSPS) is 15.9. The van der Waals surface area contributed by atoms with Gasteiger partial charge in [0, 0.05) is 6.04 Å². The lowest BCUT2D eigenvalue weighted by Gasteiger charge is -2.23. The summed E-state index contributed by atoms with van der Waals surface area (Å²) in [6.45, 7) is 9.07. The molecule has 0 saturated heterocycles. The Morgan fingerprint density at radius 1 is 0.929 bits per heavy atom. The Balaban J connectivity index is 3.39. The maximum Gasteiger partial charge on any atom is 0.00669 e. The summed E-state index contributed by atoms with van der Waals surface area (Å²) < 4.78 is 0. The number of rotatable bonds is 8. The summed E-state index contributed by atoms with van der Waals surface area (Å²) >= 11 is 0. The standard InChI is InChI=1S/C13H29N/c1-5-6-7-8-9-10-13(14)12(4)11(2)3/h11-13H,5-10,14H2,1-4H3. The van der Waals surface area contributed by atoms with Gasteiger partial charge in [-0.25, -0.2) is 0 Å². The smallest absolute Gasteiger partial charge is 0.00669 e. The molecule has 0 aromatic carbocycles. The molecule has 0 spiro atoms. The van der Waals surface area contributed by atoms with Gasteiger partial charge in [-0.3, -0.25) is 0 Å². The van der Waals surface area contributed by atoms with Gasteiger partial charge in [-0.1, -0.05) is 59.8 Å². The second kappa shape index (κ2) is 8.28. The van der Waals surface area contributed by atoms with Crippen LogP contribution in [-0.4, -0.2) is 6.04 Å². The fourth-order valence-electron chi connectivity index (χ4n) is 1.74. The average molecular weight is 199 g/mol. The molecule has 2 N–H and O–H groups in total. The van der Waals surface area contributed by atoms with Crippen LogP contribution >= 0.6 is 0 Å². The Hall–Kier alpha value is -0.0400. The Morgan fingerprint density at radius 3 is 2.00 bits per heavy atom. The van der Waals surface area contributed by atoms with E-state index < -0.39 is 0 Å². The predicted molar refractivity (Wildman–Crippen MR) is 65.4 cm³/mol. The Bertz CT molecular complexity index is 120. The molecule has 1 nitrogen and oxygen atoms in total. The number of hydrogen-bond acceptors (Lipinski definition) is 1. The molecule has 0 aromatic rings. The van der Waals surface area contributed by atoms with Crippen LogP contribution in [0.1, 0.15) is 66.2 Å². The van der Waals surface area contributed by atoms with Gasteiger partial charge in [-0.2, -0.15) is 0 Å². The third kappa shape index (κ3) is 6.42. The molecule has 0 fully saturated rings. The zero-order valence-corrected chi connectivity index (χ0v) is 10.6. The SMILES string of the molecule is CCCCCCCC(N)C(C)C(C)C. The molecular formula is C13H29N. The van der Waals surface area contributed by atoms with E-state index in [2.05, 4.69) is 27.7 Å². The first-order chi connectivity index (χ1) is 6.59. The van der Waals surface area contributed by atoms with E-state index in [-0.39, 0.29) is 0 Å². The van der Waals surface area contributed by atoms with Gasteiger partial charge in [0.2, 0.25) is 0 Å². The minimum Gasteiger partial charge on any atom is -0.327 e. The van der Waals surface area contributed by atoms with Crippen molar-refractivity contribution in [3.05, 3.63) is 0 Å². The van der Waals surface area contributed by atoms with Crippen molar-refractivity contribution in [1.29, 1.82) is 0 Å². The van der Waals surface area contributed by atoms with Gasteiger partial charge in [-0.05, 0) is 18.3 Å². The van der Waals surface area contributed by atoms with Gasteiger partial charge in [0.1, 0.15) is 0 Å². The molecule has 86 valence electrons. The van der Waals surface area contributed by atoms with Crippen LogP contribution in [0.25, 0.3) is 0 Å². The number of hydrogen-bond donors (Lipinski definition) is 1.